The van der Waals surface area contributed by atoms with Gasteiger partial charge in [-0.3, -0.25) is 9.69 Å². The standard InChI is InChI=1S/C18H26N2O4/c1-3-7-19-8-10-20(11-9-19)18(21)15(4-2)24-14-5-6-16-17(12-14)23-13-22-16/h5-6,12,15H,3-4,7-11,13H2,1-2H3. The van der Waals surface area contributed by atoms with Crippen LogP contribution in [0.25, 0.3) is 0 Å². The van der Waals surface area contributed by atoms with Crippen molar-refractivity contribution in [2.24, 2.45) is 0 Å². The van der Waals surface area contributed by atoms with Gasteiger partial charge in [-0.05, 0) is 31.5 Å². The number of hydrogen-bond donors (Lipinski definition) is 0. The van der Waals surface area contributed by atoms with Crippen LogP contribution in [-0.4, -0.2) is 61.3 Å². The molecule has 1 unspecified atom stereocenters. The van der Waals surface area contributed by atoms with Crippen LogP contribution in [0.5, 0.6) is 17.2 Å². The maximum atomic E-state index is 12.8. The lowest BCUT2D eigenvalue weighted by atomic mass is 10.2. The highest BCUT2D eigenvalue weighted by molar-refractivity contribution is 5.81. The molecule has 132 valence electrons. The fourth-order valence-corrected chi connectivity index (χ4v) is 3.13. The van der Waals surface area contributed by atoms with Crippen LogP contribution in [-0.2, 0) is 4.79 Å². The number of carbonyl (C=O) groups is 1. The number of amides is 1. The summed E-state index contributed by atoms with van der Waals surface area (Å²) in [5.74, 6) is 2.10. The first kappa shape index (κ1) is 16.9. The third-order valence-corrected chi connectivity index (χ3v) is 4.49. The van der Waals surface area contributed by atoms with Crippen molar-refractivity contribution in [3.8, 4) is 17.2 Å². The van der Waals surface area contributed by atoms with Gasteiger partial charge >= 0.3 is 0 Å². The van der Waals surface area contributed by atoms with E-state index >= 15 is 0 Å². The lowest BCUT2D eigenvalue weighted by molar-refractivity contribution is -0.140. The Balaban J connectivity index is 1.58. The normalized spacial score (nSPS) is 18.5. The zero-order chi connectivity index (χ0) is 16.9. The van der Waals surface area contributed by atoms with Gasteiger partial charge in [0.1, 0.15) is 5.75 Å². The summed E-state index contributed by atoms with van der Waals surface area (Å²) >= 11 is 0. The number of piperazine rings is 1. The molecule has 1 amide bonds. The summed E-state index contributed by atoms with van der Waals surface area (Å²) in [5, 5.41) is 0. The van der Waals surface area contributed by atoms with Gasteiger partial charge in [-0.15, -0.1) is 0 Å². The summed E-state index contributed by atoms with van der Waals surface area (Å²) in [6.07, 6.45) is 1.34. The summed E-state index contributed by atoms with van der Waals surface area (Å²) < 4.78 is 16.6. The van der Waals surface area contributed by atoms with E-state index in [0.29, 0.717) is 23.7 Å². The van der Waals surface area contributed by atoms with E-state index in [4.69, 9.17) is 14.2 Å². The van der Waals surface area contributed by atoms with Crippen molar-refractivity contribution in [1.29, 1.82) is 0 Å². The van der Waals surface area contributed by atoms with Crippen molar-refractivity contribution in [1.82, 2.24) is 9.80 Å². The minimum Gasteiger partial charge on any atom is -0.480 e. The molecule has 2 heterocycles. The summed E-state index contributed by atoms with van der Waals surface area (Å²) in [7, 11) is 0. The lowest BCUT2D eigenvalue weighted by Crippen LogP contribution is -2.52. The molecule has 2 aliphatic heterocycles. The highest BCUT2D eigenvalue weighted by Gasteiger charge is 2.28. The van der Waals surface area contributed by atoms with Gasteiger partial charge in [-0.1, -0.05) is 13.8 Å². The largest absolute Gasteiger partial charge is 0.480 e. The Hall–Kier alpha value is -1.95. The van der Waals surface area contributed by atoms with Crippen LogP contribution in [0, 0.1) is 0 Å². The first-order valence-corrected chi connectivity index (χ1v) is 8.78. The van der Waals surface area contributed by atoms with Crippen LogP contribution in [0.2, 0.25) is 0 Å². The minimum absolute atomic E-state index is 0.0753. The van der Waals surface area contributed by atoms with E-state index in [2.05, 4.69) is 11.8 Å². The molecule has 0 bridgehead atoms. The number of ether oxygens (including phenoxy) is 3. The quantitative estimate of drug-likeness (QED) is 0.798. The lowest BCUT2D eigenvalue weighted by Gasteiger charge is -2.36. The predicted molar refractivity (Wildman–Crippen MR) is 90.6 cm³/mol. The highest BCUT2D eigenvalue weighted by atomic mass is 16.7. The Morgan fingerprint density at radius 1 is 1.17 bits per heavy atom. The van der Waals surface area contributed by atoms with E-state index in [0.717, 1.165) is 39.1 Å². The molecule has 0 radical (unpaired) electrons. The van der Waals surface area contributed by atoms with E-state index in [1.54, 1.807) is 6.07 Å². The molecule has 0 saturated carbocycles. The van der Waals surface area contributed by atoms with Crippen molar-refractivity contribution in [3.05, 3.63) is 18.2 Å². The second kappa shape index (κ2) is 7.75. The third kappa shape index (κ3) is 3.75. The molecule has 2 aliphatic rings. The van der Waals surface area contributed by atoms with E-state index in [1.165, 1.54) is 0 Å². The Morgan fingerprint density at radius 2 is 1.92 bits per heavy atom. The number of carbonyl (C=O) groups excluding carboxylic acids is 1. The number of benzene rings is 1. The van der Waals surface area contributed by atoms with Crippen molar-refractivity contribution < 1.29 is 19.0 Å². The molecule has 1 aromatic rings. The summed E-state index contributed by atoms with van der Waals surface area (Å²) in [6.45, 7) is 8.94. The molecule has 0 N–H and O–H groups in total. The average Bonchev–Trinajstić information content (AvgIpc) is 3.08. The second-order valence-electron chi connectivity index (χ2n) is 6.20. The highest BCUT2D eigenvalue weighted by Crippen LogP contribution is 2.35. The average molecular weight is 334 g/mol. The SMILES string of the molecule is CCCN1CCN(C(=O)C(CC)Oc2ccc3c(c2)OCO3)CC1. The van der Waals surface area contributed by atoms with Gasteiger partial charge in [-0.2, -0.15) is 0 Å². The van der Waals surface area contributed by atoms with Crippen LogP contribution < -0.4 is 14.2 Å². The maximum Gasteiger partial charge on any atom is 0.263 e. The van der Waals surface area contributed by atoms with Gasteiger partial charge in [0.2, 0.25) is 6.79 Å². The molecule has 1 atom stereocenters. The van der Waals surface area contributed by atoms with Crippen molar-refractivity contribution in [2.45, 2.75) is 32.8 Å². The zero-order valence-electron chi connectivity index (χ0n) is 14.5. The topological polar surface area (TPSA) is 51.2 Å². The van der Waals surface area contributed by atoms with Gasteiger partial charge in [0, 0.05) is 32.2 Å². The van der Waals surface area contributed by atoms with Crippen LogP contribution in [0.1, 0.15) is 26.7 Å². The first-order chi connectivity index (χ1) is 11.7. The van der Waals surface area contributed by atoms with Crippen LogP contribution in [0.3, 0.4) is 0 Å². The Labute approximate surface area is 143 Å². The maximum absolute atomic E-state index is 12.8. The molecular formula is C18H26N2O4. The van der Waals surface area contributed by atoms with Crippen LogP contribution in [0.4, 0.5) is 0 Å². The van der Waals surface area contributed by atoms with Gasteiger partial charge in [0.05, 0.1) is 0 Å². The molecule has 6 heteroatoms. The Kier molecular flexibility index (Phi) is 5.45. The van der Waals surface area contributed by atoms with E-state index in [9.17, 15) is 4.79 Å². The molecule has 1 saturated heterocycles. The predicted octanol–water partition coefficient (Wildman–Crippen LogP) is 2.13. The molecule has 0 spiro atoms. The number of fused-ring (bicyclic) bond motifs is 1. The molecule has 0 aliphatic carbocycles. The zero-order valence-corrected chi connectivity index (χ0v) is 14.5. The molecule has 1 aromatic carbocycles. The number of hydrogen-bond acceptors (Lipinski definition) is 5. The molecule has 3 rings (SSSR count). The monoisotopic (exact) mass is 334 g/mol. The fraction of sp³-hybridized carbons (Fsp3) is 0.611. The van der Waals surface area contributed by atoms with Gasteiger partial charge in [0.25, 0.3) is 5.91 Å². The molecular weight excluding hydrogens is 308 g/mol. The van der Waals surface area contributed by atoms with Crippen molar-refractivity contribution in [3.63, 3.8) is 0 Å². The molecule has 24 heavy (non-hydrogen) atoms. The van der Waals surface area contributed by atoms with Gasteiger partial charge < -0.3 is 19.1 Å². The van der Waals surface area contributed by atoms with Gasteiger partial charge in [-0.25, -0.2) is 0 Å². The van der Waals surface area contributed by atoms with E-state index < -0.39 is 6.10 Å². The Morgan fingerprint density at radius 3 is 2.62 bits per heavy atom. The fourth-order valence-electron chi connectivity index (χ4n) is 3.13. The van der Waals surface area contributed by atoms with Crippen molar-refractivity contribution >= 4 is 5.91 Å². The number of nitrogens with zero attached hydrogens (tertiary/aromatic N) is 2. The van der Waals surface area contributed by atoms with E-state index in [1.807, 2.05) is 24.0 Å². The van der Waals surface area contributed by atoms with Gasteiger partial charge in [0.15, 0.2) is 17.6 Å². The molecule has 6 nitrogen and oxygen atoms in total. The second-order valence-corrected chi connectivity index (χ2v) is 6.20. The smallest absolute Gasteiger partial charge is 0.263 e. The van der Waals surface area contributed by atoms with Crippen LogP contribution >= 0.6 is 0 Å². The third-order valence-electron chi connectivity index (χ3n) is 4.49. The number of rotatable bonds is 6. The summed E-state index contributed by atoms with van der Waals surface area (Å²) in [4.78, 5) is 17.1. The van der Waals surface area contributed by atoms with Crippen molar-refractivity contribution in [2.75, 3.05) is 39.5 Å². The summed E-state index contributed by atoms with van der Waals surface area (Å²) in [5.41, 5.74) is 0. The summed E-state index contributed by atoms with van der Waals surface area (Å²) in [6, 6.07) is 5.43. The van der Waals surface area contributed by atoms with Crippen LogP contribution in [0.15, 0.2) is 18.2 Å². The first-order valence-electron chi connectivity index (χ1n) is 8.78. The van der Waals surface area contributed by atoms with E-state index in [-0.39, 0.29) is 12.7 Å². The molecule has 1 fully saturated rings. The molecule has 0 aromatic heterocycles. The Bertz CT molecular complexity index is 570. The minimum atomic E-state index is -0.455.